The first-order valence-corrected chi connectivity index (χ1v) is 7.58. The van der Waals surface area contributed by atoms with Gasteiger partial charge in [0.2, 0.25) is 11.1 Å². The van der Waals surface area contributed by atoms with Crippen molar-refractivity contribution in [2.45, 2.75) is 25.5 Å². The van der Waals surface area contributed by atoms with Crippen LogP contribution in [0.2, 0.25) is 0 Å². The summed E-state index contributed by atoms with van der Waals surface area (Å²) in [4.78, 5) is 11.8. The summed E-state index contributed by atoms with van der Waals surface area (Å²) in [6.07, 6.45) is 0. The Kier molecular flexibility index (Phi) is 5.42. The van der Waals surface area contributed by atoms with Gasteiger partial charge in [0.15, 0.2) is 0 Å². The number of thioether (sulfide) groups is 1. The summed E-state index contributed by atoms with van der Waals surface area (Å²) in [5.74, 6) is -1.55. The molecule has 0 bridgehead atoms. The summed E-state index contributed by atoms with van der Waals surface area (Å²) >= 11 is 1.15. The lowest BCUT2D eigenvalue weighted by molar-refractivity contribution is -0.113. The van der Waals surface area contributed by atoms with Crippen LogP contribution in [0.5, 0.6) is 0 Å². The van der Waals surface area contributed by atoms with Crippen LogP contribution in [0.4, 0.5) is 14.5 Å². The van der Waals surface area contributed by atoms with E-state index in [9.17, 15) is 13.6 Å². The van der Waals surface area contributed by atoms with Gasteiger partial charge in [0.05, 0.1) is 11.4 Å². The van der Waals surface area contributed by atoms with Crippen LogP contribution in [-0.2, 0) is 11.3 Å². The molecule has 0 aliphatic carbocycles. The number of nitrogens with one attached hydrogen (secondary N) is 1. The van der Waals surface area contributed by atoms with Crippen LogP contribution in [0, 0.1) is 17.6 Å². The number of halogens is 2. The highest BCUT2D eigenvalue weighted by molar-refractivity contribution is 7.99. The Morgan fingerprint density at radius 2 is 2.18 bits per heavy atom. The molecule has 9 heteroatoms. The number of anilines is 1. The predicted molar refractivity (Wildman–Crippen MR) is 78.4 cm³/mol. The highest BCUT2D eigenvalue weighted by atomic mass is 32.2. The molecule has 6 nitrogen and oxygen atoms in total. The van der Waals surface area contributed by atoms with E-state index in [0.717, 1.165) is 17.8 Å². The van der Waals surface area contributed by atoms with E-state index < -0.39 is 17.5 Å². The third-order valence-corrected chi connectivity index (χ3v) is 3.53. The Balaban J connectivity index is 1.92. The average Bonchev–Trinajstić information content (AvgIpc) is 2.86. The van der Waals surface area contributed by atoms with Gasteiger partial charge in [-0.3, -0.25) is 4.79 Å². The van der Waals surface area contributed by atoms with Crippen molar-refractivity contribution in [2.24, 2.45) is 5.92 Å². The maximum absolute atomic E-state index is 13.4. The normalized spacial score (nSPS) is 11.0. The molecule has 0 spiro atoms. The number of tetrazole rings is 1. The topological polar surface area (TPSA) is 72.7 Å². The summed E-state index contributed by atoms with van der Waals surface area (Å²) in [7, 11) is 0. The molecule has 1 heterocycles. The van der Waals surface area contributed by atoms with Crippen LogP contribution >= 0.6 is 11.8 Å². The largest absolute Gasteiger partial charge is 0.323 e. The fourth-order valence-electron chi connectivity index (χ4n) is 1.67. The van der Waals surface area contributed by atoms with Crippen molar-refractivity contribution in [2.75, 3.05) is 11.1 Å². The van der Waals surface area contributed by atoms with Gasteiger partial charge in [-0.1, -0.05) is 25.6 Å². The van der Waals surface area contributed by atoms with Crippen molar-refractivity contribution in [3.8, 4) is 0 Å². The fourth-order valence-corrected chi connectivity index (χ4v) is 2.35. The third-order valence-electron chi connectivity index (χ3n) is 2.57. The summed E-state index contributed by atoms with van der Waals surface area (Å²) in [6, 6.07) is 2.97. The zero-order valence-corrected chi connectivity index (χ0v) is 12.9. The van der Waals surface area contributed by atoms with E-state index in [-0.39, 0.29) is 11.4 Å². The summed E-state index contributed by atoms with van der Waals surface area (Å²) in [5, 5.41) is 14.1. The van der Waals surface area contributed by atoms with Gasteiger partial charge >= 0.3 is 0 Å². The Labute approximate surface area is 130 Å². The van der Waals surface area contributed by atoms with Crippen LogP contribution in [0.3, 0.4) is 0 Å². The summed E-state index contributed by atoms with van der Waals surface area (Å²) < 4.78 is 27.8. The molecular formula is C13H15F2N5OS. The molecule has 0 radical (unpaired) electrons. The number of carbonyl (C=O) groups excluding carboxylic acids is 1. The first-order valence-electron chi connectivity index (χ1n) is 6.59. The number of hydrogen-bond donors (Lipinski definition) is 1. The van der Waals surface area contributed by atoms with E-state index in [0.29, 0.717) is 23.7 Å². The fraction of sp³-hybridized carbons (Fsp3) is 0.385. The van der Waals surface area contributed by atoms with E-state index >= 15 is 0 Å². The Bertz CT molecular complexity index is 662. The molecular weight excluding hydrogens is 312 g/mol. The molecule has 0 unspecified atom stereocenters. The van der Waals surface area contributed by atoms with Gasteiger partial charge in [0, 0.05) is 12.6 Å². The summed E-state index contributed by atoms with van der Waals surface area (Å²) in [6.45, 7) is 4.70. The van der Waals surface area contributed by atoms with Crippen LogP contribution < -0.4 is 5.32 Å². The molecule has 0 saturated carbocycles. The number of nitrogens with zero attached hydrogens (tertiary/aromatic N) is 4. The number of aromatic nitrogens is 4. The maximum atomic E-state index is 13.4. The second kappa shape index (κ2) is 7.30. The van der Waals surface area contributed by atoms with Gasteiger partial charge in [-0.25, -0.2) is 13.5 Å². The minimum Gasteiger partial charge on any atom is -0.323 e. The predicted octanol–water partition coefficient (Wildman–Crippen LogP) is 2.34. The third kappa shape index (κ3) is 4.48. The Morgan fingerprint density at radius 1 is 1.41 bits per heavy atom. The lowest BCUT2D eigenvalue weighted by Crippen LogP contribution is -2.16. The van der Waals surface area contributed by atoms with Crippen molar-refractivity contribution in [1.29, 1.82) is 0 Å². The highest BCUT2D eigenvalue weighted by Crippen LogP contribution is 2.18. The molecule has 0 saturated heterocycles. The number of carbonyl (C=O) groups is 1. The van der Waals surface area contributed by atoms with Crippen molar-refractivity contribution >= 4 is 23.4 Å². The highest BCUT2D eigenvalue weighted by Gasteiger charge is 2.12. The van der Waals surface area contributed by atoms with Gasteiger partial charge in [-0.2, -0.15) is 0 Å². The van der Waals surface area contributed by atoms with E-state index in [1.807, 2.05) is 13.8 Å². The zero-order chi connectivity index (χ0) is 16.1. The molecule has 1 amide bonds. The van der Waals surface area contributed by atoms with Crippen LogP contribution in [0.25, 0.3) is 0 Å². The number of benzene rings is 1. The van der Waals surface area contributed by atoms with Crippen LogP contribution in [0.1, 0.15) is 13.8 Å². The molecule has 2 aromatic rings. The Hall–Kier alpha value is -2.03. The first-order chi connectivity index (χ1) is 10.5. The molecule has 2 rings (SSSR count). The number of rotatable bonds is 6. The zero-order valence-electron chi connectivity index (χ0n) is 12.1. The molecule has 0 atom stereocenters. The standard InChI is InChI=1S/C13H15F2N5OS/c1-8(2)6-20-13(17-18-19-20)22-7-12(21)16-11-4-3-9(14)5-10(11)15/h3-5,8H,6-7H2,1-2H3,(H,16,21). The molecule has 22 heavy (non-hydrogen) atoms. The van der Waals surface area contributed by atoms with Crippen molar-refractivity contribution < 1.29 is 13.6 Å². The van der Waals surface area contributed by atoms with E-state index in [4.69, 9.17) is 0 Å². The minimum absolute atomic E-state index is 0.0231. The minimum atomic E-state index is -0.817. The van der Waals surface area contributed by atoms with Gasteiger partial charge in [0.1, 0.15) is 11.6 Å². The first kappa shape index (κ1) is 16.3. The van der Waals surface area contributed by atoms with Crippen LogP contribution in [-0.4, -0.2) is 31.9 Å². The Morgan fingerprint density at radius 3 is 2.86 bits per heavy atom. The van der Waals surface area contributed by atoms with E-state index in [1.165, 1.54) is 6.07 Å². The van der Waals surface area contributed by atoms with E-state index in [2.05, 4.69) is 20.8 Å². The van der Waals surface area contributed by atoms with Gasteiger partial charge < -0.3 is 5.32 Å². The number of amides is 1. The maximum Gasteiger partial charge on any atom is 0.234 e. The molecule has 0 aliphatic heterocycles. The molecule has 1 N–H and O–H groups in total. The SMILES string of the molecule is CC(C)Cn1nnnc1SCC(=O)Nc1ccc(F)cc1F. The van der Waals surface area contributed by atoms with Gasteiger partial charge in [-0.15, -0.1) is 5.10 Å². The summed E-state index contributed by atoms with van der Waals surface area (Å²) in [5.41, 5.74) is -0.0613. The van der Waals surface area contributed by atoms with Crippen LogP contribution in [0.15, 0.2) is 23.4 Å². The van der Waals surface area contributed by atoms with Gasteiger partial charge in [-0.05, 0) is 28.5 Å². The van der Waals surface area contributed by atoms with E-state index in [1.54, 1.807) is 4.68 Å². The van der Waals surface area contributed by atoms with Crippen molar-refractivity contribution in [3.05, 3.63) is 29.8 Å². The molecule has 0 aliphatic rings. The lowest BCUT2D eigenvalue weighted by Gasteiger charge is -2.07. The lowest BCUT2D eigenvalue weighted by atomic mass is 10.2. The van der Waals surface area contributed by atoms with Crippen molar-refractivity contribution in [1.82, 2.24) is 20.2 Å². The molecule has 0 fully saturated rings. The average molecular weight is 327 g/mol. The second-order valence-electron chi connectivity index (χ2n) is 5.00. The van der Waals surface area contributed by atoms with Gasteiger partial charge in [0.25, 0.3) is 0 Å². The quantitative estimate of drug-likeness (QED) is 0.825. The second-order valence-corrected chi connectivity index (χ2v) is 5.94. The monoisotopic (exact) mass is 327 g/mol. The molecule has 118 valence electrons. The molecule has 1 aromatic heterocycles. The molecule has 1 aromatic carbocycles. The number of hydrogen-bond acceptors (Lipinski definition) is 5. The smallest absolute Gasteiger partial charge is 0.234 e. The van der Waals surface area contributed by atoms with Crippen molar-refractivity contribution in [3.63, 3.8) is 0 Å².